The molecule has 1 aromatic carbocycles. The van der Waals surface area contributed by atoms with Crippen molar-refractivity contribution in [3.8, 4) is 0 Å². The van der Waals surface area contributed by atoms with E-state index >= 15 is 0 Å². The molecule has 0 aliphatic carbocycles. The van der Waals surface area contributed by atoms with Crippen LogP contribution in [0.2, 0.25) is 0 Å². The van der Waals surface area contributed by atoms with Crippen molar-refractivity contribution in [2.24, 2.45) is 0 Å². The van der Waals surface area contributed by atoms with Gasteiger partial charge in [0, 0.05) is 25.0 Å². The number of carboxylic acid groups (broad SMARTS) is 1. The fourth-order valence-electron chi connectivity index (χ4n) is 2.04. The van der Waals surface area contributed by atoms with Crippen LogP contribution in [0.3, 0.4) is 0 Å². The summed E-state index contributed by atoms with van der Waals surface area (Å²) in [5, 5.41) is 12.3. The van der Waals surface area contributed by atoms with E-state index in [1.165, 1.54) is 10.4 Å². The summed E-state index contributed by atoms with van der Waals surface area (Å²) in [4.78, 5) is 11.2. The van der Waals surface area contributed by atoms with Crippen LogP contribution in [0.1, 0.15) is 5.56 Å². The predicted molar refractivity (Wildman–Crippen MR) is 77.3 cm³/mol. The first-order chi connectivity index (χ1) is 9.45. The number of hydrogen-bond donors (Lipinski definition) is 2. The molecule has 2 N–H and O–H groups in total. The molecule has 1 aliphatic rings. The van der Waals surface area contributed by atoms with Crippen LogP contribution in [0.15, 0.2) is 29.2 Å². The van der Waals surface area contributed by atoms with Crippen LogP contribution < -0.4 is 5.32 Å². The number of carbonyl (C=O) groups is 1. The van der Waals surface area contributed by atoms with Gasteiger partial charge in [-0.1, -0.05) is 28.1 Å². The second-order valence-electron chi connectivity index (χ2n) is 4.49. The molecule has 0 aromatic heterocycles. The number of hydrogen-bond acceptors (Lipinski definition) is 4. The molecular formula is C12H15BrN2O4S. The first-order valence-electron chi connectivity index (χ1n) is 6.06. The summed E-state index contributed by atoms with van der Waals surface area (Å²) in [6.07, 6.45) is 0. The molecule has 1 atom stereocenters. The van der Waals surface area contributed by atoms with Crippen molar-refractivity contribution < 1.29 is 18.3 Å². The Hall–Kier alpha value is -0.960. The van der Waals surface area contributed by atoms with E-state index in [0.29, 0.717) is 11.9 Å². The van der Waals surface area contributed by atoms with Crippen molar-refractivity contribution >= 4 is 31.9 Å². The minimum atomic E-state index is -3.65. The quantitative estimate of drug-likeness (QED) is 0.767. The van der Waals surface area contributed by atoms with E-state index in [1.54, 1.807) is 12.1 Å². The van der Waals surface area contributed by atoms with Gasteiger partial charge in [0.15, 0.2) is 0 Å². The van der Waals surface area contributed by atoms with E-state index in [0.717, 1.165) is 5.56 Å². The SMILES string of the molecule is O=C(O)[C@@H]1CN(S(=O)(=O)c2cccc(CBr)c2)CCN1. The largest absolute Gasteiger partial charge is 0.480 e. The average molecular weight is 363 g/mol. The molecule has 0 radical (unpaired) electrons. The van der Waals surface area contributed by atoms with E-state index in [2.05, 4.69) is 21.2 Å². The molecule has 1 heterocycles. The highest BCUT2D eigenvalue weighted by molar-refractivity contribution is 9.08. The molecule has 0 saturated carbocycles. The Morgan fingerprint density at radius 1 is 1.50 bits per heavy atom. The zero-order valence-electron chi connectivity index (χ0n) is 10.6. The van der Waals surface area contributed by atoms with Crippen molar-refractivity contribution in [3.05, 3.63) is 29.8 Å². The highest BCUT2D eigenvalue weighted by atomic mass is 79.9. The van der Waals surface area contributed by atoms with Crippen LogP contribution >= 0.6 is 15.9 Å². The molecule has 20 heavy (non-hydrogen) atoms. The second-order valence-corrected chi connectivity index (χ2v) is 6.99. The van der Waals surface area contributed by atoms with E-state index in [9.17, 15) is 13.2 Å². The molecule has 6 nitrogen and oxygen atoms in total. The fourth-order valence-corrected chi connectivity index (χ4v) is 3.92. The van der Waals surface area contributed by atoms with Crippen LogP contribution in [0.25, 0.3) is 0 Å². The lowest BCUT2D eigenvalue weighted by Crippen LogP contribution is -2.55. The van der Waals surface area contributed by atoms with Gasteiger partial charge < -0.3 is 10.4 Å². The van der Waals surface area contributed by atoms with Crippen molar-refractivity contribution in [1.82, 2.24) is 9.62 Å². The predicted octanol–water partition coefficient (Wildman–Crippen LogP) is 0.629. The first-order valence-corrected chi connectivity index (χ1v) is 8.62. The van der Waals surface area contributed by atoms with Gasteiger partial charge in [0.2, 0.25) is 10.0 Å². The van der Waals surface area contributed by atoms with Gasteiger partial charge in [0.25, 0.3) is 0 Å². The summed E-state index contributed by atoms with van der Waals surface area (Å²) in [5.74, 6) is -1.04. The molecular weight excluding hydrogens is 348 g/mol. The van der Waals surface area contributed by atoms with Gasteiger partial charge in [-0.25, -0.2) is 8.42 Å². The Labute approximate surface area is 126 Å². The normalized spacial score (nSPS) is 20.8. The number of nitrogens with one attached hydrogen (secondary N) is 1. The maximum absolute atomic E-state index is 12.5. The summed E-state index contributed by atoms with van der Waals surface area (Å²) in [6, 6.07) is 5.77. The molecule has 2 rings (SSSR count). The van der Waals surface area contributed by atoms with Crippen LogP contribution in [0.5, 0.6) is 0 Å². The number of sulfonamides is 1. The third-order valence-corrected chi connectivity index (χ3v) is 5.64. The lowest BCUT2D eigenvalue weighted by Gasteiger charge is -2.30. The van der Waals surface area contributed by atoms with Crippen LogP contribution in [-0.4, -0.2) is 49.5 Å². The van der Waals surface area contributed by atoms with Crippen molar-refractivity contribution in [2.75, 3.05) is 19.6 Å². The number of nitrogens with zero attached hydrogens (tertiary/aromatic N) is 1. The summed E-state index contributed by atoms with van der Waals surface area (Å²) >= 11 is 3.29. The molecule has 0 unspecified atom stereocenters. The Kier molecular flexibility index (Phi) is 4.79. The fraction of sp³-hybridized carbons (Fsp3) is 0.417. The summed E-state index contributed by atoms with van der Waals surface area (Å²) < 4.78 is 26.2. The lowest BCUT2D eigenvalue weighted by atomic mass is 10.2. The number of alkyl halides is 1. The highest BCUT2D eigenvalue weighted by Crippen LogP contribution is 2.19. The summed E-state index contributed by atoms with van der Waals surface area (Å²) in [7, 11) is -3.65. The number of piperazine rings is 1. The molecule has 0 spiro atoms. The van der Waals surface area contributed by atoms with Crippen LogP contribution in [-0.2, 0) is 20.1 Å². The van der Waals surface area contributed by atoms with Crippen LogP contribution in [0.4, 0.5) is 0 Å². The van der Waals surface area contributed by atoms with Gasteiger partial charge >= 0.3 is 5.97 Å². The number of carboxylic acids is 1. The molecule has 1 aliphatic heterocycles. The third kappa shape index (κ3) is 3.20. The van der Waals surface area contributed by atoms with Gasteiger partial charge in [-0.05, 0) is 17.7 Å². The monoisotopic (exact) mass is 362 g/mol. The van der Waals surface area contributed by atoms with Crippen LogP contribution in [0, 0.1) is 0 Å². The van der Waals surface area contributed by atoms with Crippen molar-refractivity contribution in [1.29, 1.82) is 0 Å². The van der Waals surface area contributed by atoms with Gasteiger partial charge in [-0.3, -0.25) is 4.79 Å². The number of halogens is 1. The van der Waals surface area contributed by atoms with Gasteiger partial charge in [-0.15, -0.1) is 0 Å². The topological polar surface area (TPSA) is 86.7 Å². The lowest BCUT2D eigenvalue weighted by molar-refractivity contribution is -0.140. The van der Waals surface area contributed by atoms with Crippen molar-refractivity contribution in [2.45, 2.75) is 16.3 Å². The second kappa shape index (κ2) is 6.21. The Balaban J connectivity index is 2.27. The Bertz CT molecular complexity index is 605. The summed E-state index contributed by atoms with van der Waals surface area (Å²) in [6.45, 7) is 0.537. The Morgan fingerprint density at radius 2 is 2.25 bits per heavy atom. The van der Waals surface area contributed by atoms with E-state index in [-0.39, 0.29) is 18.0 Å². The Morgan fingerprint density at radius 3 is 2.90 bits per heavy atom. The first kappa shape index (κ1) is 15.4. The van der Waals surface area contributed by atoms with Crippen molar-refractivity contribution in [3.63, 3.8) is 0 Å². The standard InChI is InChI=1S/C12H15BrN2O4S/c13-7-9-2-1-3-10(6-9)20(18,19)15-5-4-14-11(8-15)12(16)17/h1-3,6,11,14H,4-5,7-8H2,(H,16,17)/t11-/m0/s1. The molecule has 1 saturated heterocycles. The maximum Gasteiger partial charge on any atom is 0.322 e. The van der Waals surface area contributed by atoms with E-state index in [1.807, 2.05) is 6.07 Å². The summed E-state index contributed by atoms with van der Waals surface area (Å²) in [5.41, 5.74) is 0.857. The molecule has 0 amide bonds. The molecule has 1 aromatic rings. The number of rotatable bonds is 4. The molecule has 0 bridgehead atoms. The number of aliphatic carboxylic acids is 1. The molecule has 110 valence electrons. The van der Waals surface area contributed by atoms with E-state index in [4.69, 9.17) is 5.11 Å². The minimum absolute atomic E-state index is 0.0593. The number of benzene rings is 1. The molecule has 8 heteroatoms. The van der Waals surface area contributed by atoms with Gasteiger partial charge in [-0.2, -0.15) is 4.31 Å². The smallest absolute Gasteiger partial charge is 0.322 e. The van der Waals surface area contributed by atoms with E-state index < -0.39 is 22.0 Å². The zero-order chi connectivity index (χ0) is 14.8. The highest BCUT2D eigenvalue weighted by Gasteiger charge is 2.32. The van der Waals surface area contributed by atoms with Gasteiger partial charge in [0.05, 0.1) is 4.90 Å². The minimum Gasteiger partial charge on any atom is -0.480 e. The molecule has 1 fully saturated rings. The van der Waals surface area contributed by atoms with Gasteiger partial charge in [0.1, 0.15) is 6.04 Å². The zero-order valence-corrected chi connectivity index (χ0v) is 13.0. The third-order valence-electron chi connectivity index (χ3n) is 3.13. The maximum atomic E-state index is 12.5. The average Bonchev–Trinajstić information content (AvgIpc) is 2.47.